The van der Waals surface area contributed by atoms with Crippen LogP contribution in [0.25, 0.3) is 5.82 Å². The van der Waals surface area contributed by atoms with Crippen molar-refractivity contribution in [3.63, 3.8) is 0 Å². The van der Waals surface area contributed by atoms with Crippen LogP contribution in [-0.2, 0) is 22.9 Å². The van der Waals surface area contributed by atoms with Gasteiger partial charge in [0.1, 0.15) is 11.6 Å². The van der Waals surface area contributed by atoms with Crippen molar-refractivity contribution in [3.8, 4) is 5.82 Å². The number of benzene rings is 1. The third-order valence-electron chi connectivity index (χ3n) is 6.56. The molecule has 5 rings (SSSR count). The molecule has 0 radical (unpaired) electrons. The Balaban J connectivity index is 1.33. The number of fused-ring (bicyclic) bond motifs is 1. The Hall–Kier alpha value is -2.78. The van der Waals surface area contributed by atoms with Gasteiger partial charge in [0.25, 0.3) is 0 Å². The zero-order valence-corrected chi connectivity index (χ0v) is 20.3. The van der Waals surface area contributed by atoms with E-state index in [0.717, 1.165) is 42.3 Å². The number of aryl methyl sites for hydroxylation is 5. The highest BCUT2D eigenvalue weighted by atomic mass is 32.2. The summed E-state index contributed by atoms with van der Waals surface area (Å²) in [6.45, 7) is 7.85. The molecule has 0 saturated carbocycles. The Morgan fingerprint density at radius 1 is 0.818 bits per heavy atom. The molecule has 2 aliphatic rings. The summed E-state index contributed by atoms with van der Waals surface area (Å²) in [4.78, 5) is 11.7. The van der Waals surface area contributed by atoms with Crippen LogP contribution in [0.2, 0.25) is 0 Å². The van der Waals surface area contributed by atoms with Crippen LogP contribution in [0, 0.1) is 20.8 Å². The molecule has 1 aromatic carbocycles. The Morgan fingerprint density at radius 3 is 2.21 bits per heavy atom. The summed E-state index contributed by atoms with van der Waals surface area (Å²) in [6.07, 6.45) is 4.33. The zero-order valence-electron chi connectivity index (χ0n) is 19.5. The van der Waals surface area contributed by atoms with Gasteiger partial charge in [-0.15, -0.1) is 0 Å². The van der Waals surface area contributed by atoms with Crippen LogP contribution in [-0.4, -0.2) is 58.7 Å². The molecule has 3 aromatic rings. The normalized spacial score (nSPS) is 17.2. The zero-order chi connectivity index (χ0) is 23.2. The number of sulfonamides is 1. The maximum absolute atomic E-state index is 13.3. The van der Waals surface area contributed by atoms with Crippen LogP contribution in [0.4, 0.5) is 5.82 Å². The van der Waals surface area contributed by atoms with E-state index in [1.165, 1.54) is 17.5 Å². The van der Waals surface area contributed by atoms with Gasteiger partial charge in [0, 0.05) is 37.9 Å². The molecule has 0 amide bonds. The average Bonchev–Trinajstić information content (AvgIpc) is 3.16. The number of anilines is 1. The van der Waals surface area contributed by atoms with Crippen molar-refractivity contribution in [1.29, 1.82) is 0 Å². The van der Waals surface area contributed by atoms with Crippen molar-refractivity contribution in [2.75, 3.05) is 31.1 Å². The standard InChI is InChI=1S/C24H30N6O2S/c1-17-14-18(2)30(27-17)24-16-23(25-19(3)26-24)28-10-12-29(13-11-28)33(31,32)22-9-8-20-6-4-5-7-21(20)15-22/h8-9,14-16H,4-7,10-13H2,1-3H3. The predicted octanol–water partition coefficient (Wildman–Crippen LogP) is 2.98. The molecule has 1 saturated heterocycles. The highest BCUT2D eigenvalue weighted by Gasteiger charge is 2.30. The Morgan fingerprint density at radius 2 is 1.52 bits per heavy atom. The first kappa shape index (κ1) is 22.0. The molecule has 0 atom stereocenters. The molecular weight excluding hydrogens is 436 g/mol. The molecule has 33 heavy (non-hydrogen) atoms. The lowest BCUT2D eigenvalue weighted by molar-refractivity contribution is 0.383. The van der Waals surface area contributed by atoms with E-state index in [-0.39, 0.29) is 0 Å². The van der Waals surface area contributed by atoms with Crippen molar-refractivity contribution >= 4 is 15.8 Å². The van der Waals surface area contributed by atoms with E-state index in [1.807, 2.05) is 49.7 Å². The Labute approximate surface area is 195 Å². The monoisotopic (exact) mass is 466 g/mol. The summed E-state index contributed by atoms with van der Waals surface area (Å²) in [5.41, 5.74) is 4.43. The summed E-state index contributed by atoms with van der Waals surface area (Å²) in [5.74, 6) is 2.20. The van der Waals surface area contributed by atoms with Gasteiger partial charge < -0.3 is 4.90 Å². The van der Waals surface area contributed by atoms with E-state index >= 15 is 0 Å². The van der Waals surface area contributed by atoms with Crippen LogP contribution < -0.4 is 4.90 Å². The van der Waals surface area contributed by atoms with Crippen molar-refractivity contribution in [1.82, 2.24) is 24.1 Å². The molecule has 0 spiro atoms. The fourth-order valence-electron chi connectivity index (χ4n) is 4.84. The number of nitrogens with zero attached hydrogens (tertiary/aromatic N) is 6. The lowest BCUT2D eigenvalue weighted by Crippen LogP contribution is -2.49. The second-order valence-corrected chi connectivity index (χ2v) is 10.9. The largest absolute Gasteiger partial charge is 0.354 e. The van der Waals surface area contributed by atoms with Gasteiger partial charge in [0.05, 0.1) is 10.6 Å². The first-order chi connectivity index (χ1) is 15.8. The molecule has 1 aliphatic heterocycles. The second kappa shape index (κ2) is 8.53. The van der Waals surface area contributed by atoms with Crippen LogP contribution in [0.3, 0.4) is 0 Å². The highest BCUT2D eigenvalue weighted by molar-refractivity contribution is 7.89. The highest BCUT2D eigenvalue weighted by Crippen LogP contribution is 2.27. The summed E-state index contributed by atoms with van der Waals surface area (Å²) < 4.78 is 30.1. The van der Waals surface area contributed by atoms with Crippen molar-refractivity contribution in [2.24, 2.45) is 0 Å². The van der Waals surface area contributed by atoms with E-state index in [0.29, 0.717) is 36.9 Å². The van der Waals surface area contributed by atoms with Gasteiger partial charge in [-0.2, -0.15) is 9.40 Å². The van der Waals surface area contributed by atoms with E-state index in [9.17, 15) is 8.42 Å². The number of hydrogen-bond acceptors (Lipinski definition) is 6. The van der Waals surface area contributed by atoms with E-state index in [2.05, 4.69) is 20.0 Å². The van der Waals surface area contributed by atoms with Crippen molar-refractivity contribution in [3.05, 3.63) is 58.7 Å². The maximum Gasteiger partial charge on any atom is 0.243 e. The summed E-state index contributed by atoms with van der Waals surface area (Å²) in [7, 11) is -3.50. The molecule has 174 valence electrons. The maximum atomic E-state index is 13.3. The molecule has 3 heterocycles. The van der Waals surface area contributed by atoms with E-state index < -0.39 is 10.0 Å². The molecule has 0 N–H and O–H groups in total. The minimum absolute atomic E-state index is 0.418. The van der Waals surface area contributed by atoms with E-state index in [4.69, 9.17) is 0 Å². The fourth-order valence-corrected chi connectivity index (χ4v) is 6.32. The predicted molar refractivity (Wildman–Crippen MR) is 127 cm³/mol. The van der Waals surface area contributed by atoms with Gasteiger partial charge in [-0.3, -0.25) is 0 Å². The van der Waals surface area contributed by atoms with Gasteiger partial charge in [-0.1, -0.05) is 6.07 Å². The quantitative estimate of drug-likeness (QED) is 0.588. The summed E-state index contributed by atoms with van der Waals surface area (Å²) in [6, 6.07) is 9.62. The number of hydrogen-bond donors (Lipinski definition) is 0. The van der Waals surface area contributed by atoms with Gasteiger partial charge in [0.2, 0.25) is 10.0 Å². The van der Waals surface area contributed by atoms with Gasteiger partial charge in [-0.25, -0.2) is 23.1 Å². The van der Waals surface area contributed by atoms with E-state index in [1.54, 1.807) is 10.4 Å². The third kappa shape index (κ3) is 4.27. The Bertz CT molecular complexity index is 1290. The smallest absolute Gasteiger partial charge is 0.243 e. The molecule has 9 heteroatoms. The number of piperazine rings is 1. The molecule has 1 aliphatic carbocycles. The first-order valence-corrected chi connectivity index (χ1v) is 13.0. The molecule has 1 fully saturated rings. The lowest BCUT2D eigenvalue weighted by atomic mass is 9.92. The van der Waals surface area contributed by atoms with Crippen LogP contribution >= 0.6 is 0 Å². The lowest BCUT2D eigenvalue weighted by Gasteiger charge is -2.35. The molecule has 0 bridgehead atoms. The summed E-state index contributed by atoms with van der Waals surface area (Å²) in [5, 5.41) is 4.54. The molecule has 8 nitrogen and oxygen atoms in total. The number of aromatic nitrogens is 4. The van der Waals surface area contributed by atoms with Crippen LogP contribution in [0.5, 0.6) is 0 Å². The van der Waals surface area contributed by atoms with Crippen LogP contribution in [0.15, 0.2) is 35.2 Å². The minimum atomic E-state index is -3.50. The first-order valence-electron chi connectivity index (χ1n) is 11.6. The minimum Gasteiger partial charge on any atom is -0.354 e. The fraction of sp³-hybridized carbons (Fsp3) is 0.458. The Kier molecular flexibility index (Phi) is 5.70. The molecule has 2 aromatic heterocycles. The van der Waals surface area contributed by atoms with Crippen LogP contribution in [0.1, 0.15) is 41.2 Å². The van der Waals surface area contributed by atoms with Gasteiger partial charge in [-0.05, 0) is 75.8 Å². The second-order valence-electron chi connectivity index (χ2n) is 9.00. The topological polar surface area (TPSA) is 84.2 Å². The average molecular weight is 467 g/mol. The van der Waals surface area contributed by atoms with Gasteiger partial charge >= 0.3 is 0 Å². The summed E-state index contributed by atoms with van der Waals surface area (Å²) >= 11 is 0. The molecule has 0 unspecified atom stereocenters. The molecular formula is C24H30N6O2S. The van der Waals surface area contributed by atoms with Crippen molar-refractivity contribution in [2.45, 2.75) is 51.3 Å². The number of rotatable bonds is 4. The third-order valence-corrected chi connectivity index (χ3v) is 8.45. The van der Waals surface area contributed by atoms with Gasteiger partial charge in [0.15, 0.2) is 5.82 Å². The SMILES string of the molecule is Cc1cc(C)n(-c2cc(N3CCN(S(=O)(=O)c4ccc5c(c4)CCCC5)CC3)nc(C)n2)n1. The van der Waals surface area contributed by atoms with Crippen molar-refractivity contribution < 1.29 is 8.42 Å².